The third kappa shape index (κ3) is 4.64. The fraction of sp³-hybridized carbons (Fsp3) is 0.688. The molecule has 0 aromatic carbocycles. The maximum Gasteiger partial charge on any atom is 0.147 e. The molecule has 0 saturated carbocycles. The van der Waals surface area contributed by atoms with Crippen LogP contribution in [0, 0.1) is 5.92 Å². The second-order valence-electron chi connectivity index (χ2n) is 5.70. The van der Waals surface area contributed by atoms with Crippen molar-refractivity contribution in [3.63, 3.8) is 0 Å². The number of nitrogens with one attached hydrogen (secondary N) is 1. The van der Waals surface area contributed by atoms with E-state index in [9.17, 15) is 0 Å². The van der Waals surface area contributed by atoms with Crippen molar-refractivity contribution >= 4 is 17.4 Å². The Balaban J connectivity index is 3.06. The Morgan fingerprint density at radius 2 is 1.95 bits per heavy atom. The minimum atomic E-state index is 0.498. The topological polar surface area (TPSA) is 28.2 Å². The van der Waals surface area contributed by atoms with Gasteiger partial charge in [-0.05, 0) is 37.4 Å². The molecule has 0 aliphatic heterocycles. The summed E-state index contributed by atoms with van der Waals surface area (Å²) in [5.74, 6) is 1.51. The fourth-order valence-corrected chi connectivity index (χ4v) is 2.81. The molecule has 0 saturated heterocycles. The quantitative estimate of drug-likeness (QED) is 0.783. The summed E-state index contributed by atoms with van der Waals surface area (Å²) in [5, 5.41) is 3.88. The SMILES string of the molecule is CCC(CC)N(CC(C)C)c1ncc(CNC)cc1Cl. The van der Waals surface area contributed by atoms with Crippen molar-refractivity contribution in [3.8, 4) is 0 Å². The van der Waals surface area contributed by atoms with E-state index in [2.05, 4.69) is 42.9 Å². The van der Waals surface area contributed by atoms with Gasteiger partial charge < -0.3 is 10.2 Å². The number of halogens is 1. The normalized spacial score (nSPS) is 11.4. The lowest BCUT2D eigenvalue weighted by Gasteiger charge is -2.33. The van der Waals surface area contributed by atoms with E-state index in [0.717, 1.165) is 42.3 Å². The maximum absolute atomic E-state index is 6.47. The largest absolute Gasteiger partial charge is 0.352 e. The van der Waals surface area contributed by atoms with Gasteiger partial charge in [0.2, 0.25) is 0 Å². The zero-order valence-electron chi connectivity index (χ0n) is 13.4. The van der Waals surface area contributed by atoms with Gasteiger partial charge in [0.25, 0.3) is 0 Å². The van der Waals surface area contributed by atoms with Crippen LogP contribution >= 0.6 is 11.6 Å². The lowest BCUT2D eigenvalue weighted by atomic mass is 10.1. The number of hydrogen-bond donors (Lipinski definition) is 1. The van der Waals surface area contributed by atoms with Crippen LogP contribution in [0.3, 0.4) is 0 Å². The first-order valence-corrected chi connectivity index (χ1v) is 7.96. The second-order valence-corrected chi connectivity index (χ2v) is 6.10. The summed E-state index contributed by atoms with van der Waals surface area (Å²) in [6.45, 7) is 10.7. The average Bonchev–Trinajstić information content (AvgIpc) is 2.39. The number of rotatable bonds is 8. The van der Waals surface area contributed by atoms with E-state index >= 15 is 0 Å². The highest BCUT2D eigenvalue weighted by Crippen LogP contribution is 2.28. The maximum atomic E-state index is 6.47. The van der Waals surface area contributed by atoms with Crippen molar-refractivity contribution < 1.29 is 0 Å². The van der Waals surface area contributed by atoms with Crippen molar-refractivity contribution in [2.45, 2.75) is 53.1 Å². The Morgan fingerprint density at radius 1 is 1.30 bits per heavy atom. The highest BCUT2D eigenvalue weighted by Gasteiger charge is 2.20. The molecule has 0 bridgehead atoms. The fourth-order valence-electron chi connectivity index (χ4n) is 2.51. The molecule has 1 aromatic heterocycles. The summed E-state index contributed by atoms with van der Waals surface area (Å²) in [7, 11) is 1.93. The summed E-state index contributed by atoms with van der Waals surface area (Å²) in [6, 6.07) is 2.52. The smallest absolute Gasteiger partial charge is 0.147 e. The molecule has 1 heterocycles. The van der Waals surface area contributed by atoms with Gasteiger partial charge in [0.15, 0.2) is 0 Å². The van der Waals surface area contributed by atoms with Crippen LogP contribution in [-0.4, -0.2) is 24.6 Å². The van der Waals surface area contributed by atoms with Gasteiger partial charge in [-0.25, -0.2) is 4.98 Å². The van der Waals surface area contributed by atoms with Crippen molar-refractivity contribution in [3.05, 3.63) is 22.8 Å². The molecule has 0 radical (unpaired) electrons. The Hall–Kier alpha value is -0.800. The molecule has 114 valence electrons. The summed E-state index contributed by atoms with van der Waals surface area (Å²) in [5.41, 5.74) is 1.12. The number of hydrogen-bond acceptors (Lipinski definition) is 3. The molecule has 1 N–H and O–H groups in total. The Kier molecular flexibility index (Phi) is 7.31. The molecule has 3 nitrogen and oxygen atoms in total. The van der Waals surface area contributed by atoms with Crippen LogP contribution in [-0.2, 0) is 6.54 Å². The van der Waals surface area contributed by atoms with Gasteiger partial charge >= 0.3 is 0 Å². The standard InChI is InChI=1S/C16H28ClN3/c1-6-14(7-2)20(11-12(3)4)16-15(17)8-13(9-18-5)10-19-16/h8,10,12,14,18H,6-7,9,11H2,1-5H3. The van der Waals surface area contributed by atoms with Crippen molar-refractivity contribution in [2.24, 2.45) is 5.92 Å². The van der Waals surface area contributed by atoms with Crippen LogP contribution < -0.4 is 10.2 Å². The van der Waals surface area contributed by atoms with E-state index in [1.165, 1.54) is 0 Å². The number of nitrogens with zero attached hydrogens (tertiary/aromatic N) is 2. The van der Waals surface area contributed by atoms with Crippen LogP contribution in [0.1, 0.15) is 46.1 Å². The van der Waals surface area contributed by atoms with Crippen LogP contribution in [0.2, 0.25) is 5.02 Å². The van der Waals surface area contributed by atoms with E-state index in [1.54, 1.807) is 0 Å². The monoisotopic (exact) mass is 297 g/mol. The summed E-state index contributed by atoms with van der Waals surface area (Å²) < 4.78 is 0. The molecule has 0 amide bonds. The van der Waals surface area contributed by atoms with Gasteiger partial charge in [0.1, 0.15) is 5.82 Å². The Morgan fingerprint density at radius 3 is 2.40 bits per heavy atom. The van der Waals surface area contributed by atoms with Crippen molar-refractivity contribution in [1.82, 2.24) is 10.3 Å². The van der Waals surface area contributed by atoms with Crippen molar-refractivity contribution in [1.29, 1.82) is 0 Å². The van der Waals surface area contributed by atoms with Gasteiger partial charge in [0, 0.05) is 25.3 Å². The Bertz CT molecular complexity index is 403. The van der Waals surface area contributed by atoms with Crippen LogP contribution in [0.4, 0.5) is 5.82 Å². The van der Waals surface area contributed by atoms with Crippen LogP contribution in [0.15, 0.2) is 12.3 Å². The zero-order chi connectivity index (χ0) is 15.1. The molecule has 0 unspecified atom stereocenters. The predicted octanol–water partition coefficient (Wildman–Crippen LogP) is 4.11. The van der Waals surface area contributed by atoms with Gasteiger partial charge in [-0.2, -0.15) is 0 Å². The molecule has 0 atom stereocenters. The third-order valence-corrected chi connectivity index (χ3v) is 3.75. The predicted molar refractivity (Wildman–Crippen MR) is 88.6 cm³/mol. The number of aromatic nitrogens is 1. The van der Waals surface area contributed by atoms with Crippen molar-refractivity contribution in [2.75, 3.05) is 18.5 Å². The molecule has 0 spiro atoms. The Labute approximate surface area is 128 Å². The summed E-state index contributed by atoms with van der Waals surface area (Å²) in [4.78, 5) is 6.99. The van der Waals surface area contributed by atoms with Crippen LogP contribution in [0.25, 0.3) is 0 Å². The molecule has 0 aliphatic rings. The van der Waals surface area contributed by atoms with Gasteiger partial charge in [0.05, 0.1) is 5.02 Å². The highest BCUT2D eigenvalue weighted by molar-refractivity contribution is 6.33. The zero-order valence-corrected chi connectivity index (χ0v) is 14.2. The third-order valence-electron chi connectivity index (χ3n) is 3.48. The number of anilines is 1. The molecule has 4 heteroatoms. The first-order valence-electron chi connectivity index (χ1n) is 7.59. The highest BCUT2D eigenvalue weighted by atomic mass is 35.5. The van der Waals surface area contributed by atoms with E-state index in [1.807, 2.05) is 19.3 Å². The second kappa shape index (κ2) is 8.48. The average molecular weight is 298 g/mol. The molecule has 1 aromatic rings. The van der Waals surface area contributed by atoms with E-state index in [0.29, 0.717) is 12.0 Å². The van der Waals surface area contributed by atoms with E-state index in [4.69, 9.17) is 11.6 Å². The molecular formula is C16H28ClN3. The minimum absolute atomic E-state index is 0.498. The van der Waals surface area contributed by atoms with Crippen LogP contribution in [0.5, 0.6) is 0 Å². The van der Waals surface area contributed by atoms with Gasteiger partial charge in [-0.3, -0.25) is 0 Å². The first-order chi connectivity index (χ1) is 9.53. The lowest BCUT2D eigenvalue weighted by molar-refractivity contribution is 0.503. The van der Waals surface area contributed by atoms with Gasteiger partial charge in [-0.15, -0.1) is 0 Å². The number of pyridine rings is 1. The summed E-state index contributed by atoms with van der Waals surface area (Å²) >= 11 is 6.47. The molecule has 0 fully saturated rings. The lowest BCUT2D eigenvalue weighted by Crippen LogP contribution is -2.38. The van der Waals surface area contributed by atoms with E-state index in [-0.39, 0.29) is 0 Å². The first kappa shape index (κ1) is 17.3. The molecule has 0 aliphatic carbocycles. The molecule has 20 heavy (non-hydrogen) atoms. The minimum Gasteiger partial charge on any atom is -0.352 e. The molecular weight excluding hydrogens is 270 g/mol. The molecule has 1 rings (SSSR count). The van der Waals surface area contributed by atoms with Gasteiger partial charge in [-0.1, -0.05) is 39.3 Å². The summed E-state index contributed by atoms with van der Waals surface area (Å²) in [6.07, 6.45) is 4.15. The van der Waals surface area contributed by atoms with E-state index < -0.39 is 0 Å².